The van der Waals surface area contributed by atoms with Gasteiger partial charge in [-0.2, -0.15) is 0 Å². The normalized spacial score (nSPS) is 21.2. The zero-order valence-corrected chi connectivity index (χ0v) is 18.7. The molecule has 3 rings (SSSR count). The van der Waals surface area contributed by atoms with Crippen molar-refractivity contribution in [3.05, 3.63) is 17.7 Å². The Bertz CT molecular complexity index is 721. The number of rotatable bonds is 3. The summed E-state index contributed by atoms with van der Waals surface area (Å²) in [7, 11) is 1.67. The monoisotopic (exact) mass is 403 g/mol. The van der Waals surface area contributed by atoms with E-state index in [2.05, 4.69) is 24.0 Å². The van der Waals surface area contributed by atoms with Gasteiger partial charge in [-0.15, -0.1) is 0 Å². The van der Waals surface area contributed by atoms with Gasteiger partial charge < -0.3 is 25.0 Å². The van der Waals surface area contributed by atoms with Gasteiger partial charge in [0.15, 0.2) is 0 Å². The lowest BCUT2D eigenvalue weighted by atomic mass is 9.86. The van der Waals surface area contributed by atoms with Gasteiger partial charge in [-0.3, -0.25) is 0 Å². The maximum atomic E-state index is 12.4. The molecule has 0 aromatic heterocycles. The van der Waals surface area contributed by atoms with Crippen molar-refractivity contribution in [1.29, 1.82) is 0 Å². The molecule has 162 valence electrons. The highest BCUT2D eigenvalue weighted by Crippen LogP contribution is 2.41. The molecule has 2 N–H and O–H groups in total. The third-order valence-corrected chi connectivity index (χ3v) is 6.08. The Morgan fingerprint density at radius 1 is 1.10 bits per heavy atom. The number of nitrogens with two attached hydrogens (primary N) is 1. The van der Waals surface area contributed by atoms with Crippen LogP contribution in [0.25, 0.3) is 0 Å². The highest BCUT2D eigenvalue weighted by atomic mass is 16.6. The first-order valence-corrected chi connectivity index (χ1v) is 10.9. The Kier molecular flexibility index (Phi) is 6.49. The van der Waals surface area contributed by atoms with Crippen molar-refractivity contribution in [3.63, 3.8) is 0 Å². The van der Waals surface area contributed by atoms with Gasteiger partial charge in [0.25, 0.3) is 0 Å². The summed E-state index contributed by atoms with van der Waals surface area (Å²) in [5.41, 5.74) is 9.05. The van der Waals surface area contributed by atoms with E-state index in [1.54, 1.807) is 7.11 Å². The first-order valence-electron chi connectivity index (χ1n) is 10.9. The van der Waals surface area contributed by atoms with Crippen molar-refractivity contribution in [1.82, 2.24) is 4.90 Å². The van der Waals surface area contributed by atoms with Crippen molar-refractivity contribution in [2.75, 3.05) is 37.4 Å². The SMILES string of the molecule is COc1cc(N2CCCCC2C)c(C2CCN(C(=O)OC(C)(C)C)CC2)cc1N. The van der Waals surface area contributed by atoms with Crippen LogP contribution >= 0.6 is 0 Å². The van der Waals surface area contributed by atoms with Crippen LogP contribution in [0.3, 0.4) is 0 Å². The van der Waals surface area contributed by atoms with Gasteiger partial charge in [-0.1, -0.05) is 0 Å². The van der Waals surface area contributed by atoms with E-state index in [0.717, 1.165) is 25.1 Å². The number of carbonyl (C=O) groups excluding carboxylic acids is 1. The summed E-state index contributed by atoms with van der Waals surface area (Å²) in [5.74, 6) is 1.12. The third-order valence-electron chi connectivity index (χ3n) is 6.08. The number of piperidine rings is 2. The molecule has 1 aromatic carbocycles. The molecule has 0 bridgehead atoms. The number of anilines is 2. The van der Waals surface area contributed by atoms with Crippen LogP contribution in [-0.4, -0.2) is 49.4 Å². The van der Waals surface area contributed by atoms with Crippen molar-refractivity contribution < 1.29 is 14.3 Å². The van der Waals surface area contributed by atoms with Crippen molar-refractivity contribution in [2.24, 2.45) is 0 Å². The molecule has 0 spiro atoms. The quantitative estimate of drug-likeness (QED) is 0.736. The first-order chi connectivity index (χ1) is 13.7. The summed E-state index contributed by atoms with van der Waals surface area (Å²) in [5, 5.41) is 0. The van der Waals surface area contributed by atoms with E-state index in [0.29, 0.717) is 30.7 Å². The standard InChI is InChI=1S/C23H37N3O3/c1-16-8-6-7-11-26(16)20-15-21(28-5)19(24)14-18(20)17-9-12-25(13-10-17)22(27)29-23(2,3)4/h14-17H,6-13,24H2,1-5H3. The fraction of sp³-hybridized carbons (Fsp3) is 0.696. The summed E-state index contributed by atoms with van der Waals surface area (Å²) >= 11 is 0. The molecular formula is C23H37N3O3. The molecule has 0 saturated carbocycles. The zero-order chi connectivity index (χ0) is 21.2. The molecule has 29 heavy (non-hydrogen) atoms. The number of likely N-dealkylation sites (tertiary alicyclic amines) is 1. The Labute approximate surface area is 175 Å². The molecule has 2 aliphatic heterocycles. The molecule has 6 heteroatoms. The van der Waals surface area contributed by atoms with Crippen LogP contribution in [-0.2, 0) is 4.74 Å². The van der Waals surface area contributed by atoms with Gasteiger partial charge >= 0.3 is 6.09 Å². The van der Waals surface area contributed by atoms with Crippen LogP contribution in [0, 0.1) is 0 Å². The maximum absolute atomic E-state index is 12.4. The van der Waals surface area contributed by atoms with Gasteiger partial charge in [-0.25, -0.2) is 4.79 Å². The number of hydrogen-bond acceptors (Lipinski definition) is 5. The van der Waals surface area contributed by atoms with Crippen LogP contribution < -0.4 is 15.4 Å². The number of carbonyl (C=O) groups is 1. The Morgan fingerprint density at radius 3 is 2.38 bits per heavy atom. The predicted octanol–water partition coefficient (Wildman–Crippen LogP) is 4.77. The summed E-state index contributed by atoms with van der Waals surface area (Å²) in [6.07, 6.45) is 5.33. The van der Waals surface area contributed by atoms with Crippen LogP contribution in [0.5, 0.6) is 5.75 Å². The highest BCUT2D eigenvalue weighted by molar-refractivity contribution is 5.70. The van der Waals surface area contributed by atoms with E-state index < -0.39 is 5.60 Å². The Morgan fingerprint density at radius 2 is 1.79 bits per heavy atom. The van der Waals surface area contributed by atoms with Crippen LogP contribution in [0.1, 0.15) is 71.3 Å². The number of methoxy groups -OCH3 is 1. The van der Waals surface area contributed by atoms with Crippen molar-refractivity contribution >= 4 is 17.5 Å². The lowest BCUT2D eigenvalue weighted by Gasteiger charge is -2.39. The number of benzene rings is 1. The molecule has 1 amide bonds. The molecule has 0 aliphatic carbocycles. The topological polar surface area (TPSA) is 68.0 Å². The molecule has 1 aromatic rings. The second-order valence-electron chi connectivity index (χ2n) is 9.43. The molecule has 2 fully saturated rings. The highest BCUT2D eigenvalue weighted by Gasteiger charge is 2.31. The minimum atomic E-state index is -0.462. The van der Waals surface area contributed by atoms with Crippen molar-refractivity contribution in [3.8, 4) is 5.75 Å². The number of nitrogens with zero attached hydrogens (tertiary/aromatic N) is 2. The summed E-state index contributed by atoms with van der Waals surface area (Å²) < 4.78 is 11.1. The number of hydrogen-bond donors (Lipinski definition) is 1. The molecule has 1 atom stereocenters. The second kappa shape index (κ2) is 8.72. The Hall–Kier alpha value is -2.11. The average Bonchev–Trinajstić information content (AvgIpc) is 2.67. The van der Waals surface area contributed by atoms with Gasteiger partial charge in [0.1, 0.15) is 11.4 Å². The average molecular weight is 404 g/mol. The van der Waals surface area contributed by atoms with Gasteiger partial charge in [0, 0.05) is 37.4 Å². The second-order valence-corrected chi connectivity index (χ2v) is 9.43. The largest absolute Gasteiger partial charge is 0.495 e. The van der Waals surface area contributed by atoms with Gasteiger partial charge in [0.05, 0.1) is 12.8 Å². The number of ether oxygens (including phenoxy) is 2. The number of amides is 1. The van der Waals surface area contributed by atoms with E-state index in [1.807, 2.05) is 25.7 Å². The molecule has 2 saturated heterocycles. The minimum Gasteiger partial charge on any atom is -0.495 e. The van der Waals surface area contributed by atoms with E-state index in [9.17, 15) is 4.79 Å². The summed E-state index contributed by atoms with van der Waals surface area (Å²) in [4.78, 5) is 16.8. The fourth-order valence-electron chi connectivity index (χ4n) is 4.51. The Balaban J connectivity index is 1.80. The molecule has 2 heterocycles. The van der Waals surface area contributed by atoms with Gasteiger partial charge in [0.2, 0.25) is 0 Å². The van der Waals surface area contributed by atoms with E-state index in [1.165, 1.54) is 30.5 Å². The maximum Gasteiger partial charge on any atom is 0.410 e. The molecule has 0 radical (unpaired) electrons. The fourth-order valence-corrected chi connectivity index (χ4v) is 4.51. The molecule has 1 unspecified atom stereocenters. The smallest absolute Gasteiger partial charge is 0.410 e. The molecule has 6 nitrogen and oxygen atoms in total. The predicted molar refractivity (Wildman–Crippen MR) is 118 cm³/mol. The van der Waals surface area contributed by atoms with Gasteiger partial charge in [-0.05, 0) is 77.3 Å². The van der Waals surface area contributed by atoms with Crippen LogP contribution in [0.4, 0.5) is 16.2 Å². The summed E-state index contributed by atoms with van der Waals surface area (Å²) in [6, 6.07) is 4.73. The number of nitrogen functional groups attached to an aromatic ring is 1. The van der Waals surface area contributed by atoms with Crippen molar-refractivity contribution in [2.45, 2.75) is 77.4 Å². The van der Waals surface area contributed by atoms with E-state index >= 15 is 0 Å². The minimum absolute atomic E-state index is 0.213. The summed E-state index contributed by atoms with van der Waals surface area (Å²) in [6.45, 7) is 10.5. The van der Waals surface area contributed by atoms with Crippen LogP contribution in [0.2, 0.25) is 0 Å². The third kappa shape index (κ3) is 5.09. The lowest BCUT2D eigenvalue weighted by molar-refractivity contribution is 0.0205. The molecule has 2 aliphatic rings. The van der Waals surface area contributed by atoms with Crippen LogP contribution in [0.15, 0.2) is 12.1 Å². The van der Waals surface area contributed by atoms with E-state index in [4.69, 9.17) is 15.2 Å². The molecular weight excluding hydrogens is 366 g/mol. The lowest BCUT2D eigenvalue weighted by Crippen LogP contribution is -2.42. The first kappa shape index (κ1) is 21.6. The van der Waals surface area contributed by atoms with E-state index in [-0.39, 0.29) is 6.09 Å². The zero-order valence-electron chi connectivity index (χ0n) is 18.7.